The Labute approximate surface area is 117 Å². The van der Waals surface area contributed by atoms with Gasteiger partial charge in [-0.3, -0.25) is 14.9 Å². The highest BCUT2D eigenvalue weighted by molar-refractivity contribution is 5.87. The number of rotatable bonds is 3. The van der Waals surface area contributed by atoms with Gasteiger partial charge in [-0.25, -0.2) is 0 Å². The van der Waals surface area contributed by atoms with Gasteiger partial charge in [0.05, 0.1) is 19.2 Å². The highest BCUT2D eigenvalue weighted by Gasteiger charge is 2.60. The van der Waals surface area contributed by atoms with Crippen LogP contribution in [0, 0.1) is 0 Å². The zero-order chi connectivity index (χ0) is 14.2. The fraction of sp³-hybridized carbons (Fsp3) is 0.467. The van der Waals surface area contributed by atoms with E-state index in [9.17, 15) is 9.59 Å². The molecule has 106 valence electrons. The molecular weight excluding hydrogens is 256 g/mol. The van der Waals surface area contributed by atoms with Crippen LogP contribution < -0.4 is 5.32 Å². The smallest absolute Gasteiger partial charge is 0.325 e. The quantitative estimate of drug-likeness (QED) is 0.824. The Bertz CT molecular complexity index is 525. The van der Waals surface area contributed by atoms with E-state index < -0.39 is 11.6 Å². The molecular formula is C15H18N2O3. The summed E-state index contributed by atoms with van der Waals surface area (Å²) in [4.78, 5) is 26.0. The lowest BCUT2D eigenvalue weighted by molar-refractivity contribution is -0.152. The third-order valence-electron chi connectivity index (χ3n) is 4.22. The molecule has 1 aromatic carbocycles. The lowest BCUT2D eigenvalue weighted by Crippen LogP contribution is -2.65. The average molecular weight is 274 g/mol. The van der Waals surface area contributed by atoms with Gasteiger partial charge in [-0.15, -0.1) is 0 Å². The molecule has 5 heteroatoms. The fourth-order valence-electron chi connectivity index (χ4n) is 3.00. The summed E-state index contributed by atoms with van der Waals surface area (Å²) in [6, 6.07) is 9.46. The third kappa shape index (κ3) is 2.08. The first-order chi connectivity index (χ1) is 9.67. The molecule has 20 heavy (non-hydrogen) atoms. The first kappa shape index (κ1) is 13.1. The maximum absolute atomic E-state index is 12.2. The number of ether oxygens (including phenoxy) is 1. The van der Waals surface area contributed by atoms with Crippen LogP contribution >= 0.6 is 0 Å². The number of hydrogen-bond donors (Lipinski definition) is 1. The normalized spacial score (nSPS) is 23.8. The molecule has 1 aliphatic heterocycles. The van der Waals surface area contributed by atoms with Crippen molar-refractivity contribution in [2.24, 2.45) is 0 Å². The number of carbonyl (C=O) groups excluding carboxylic acids is 2. The monoisotopic (exact) mass is 274 g/mol. The van der Waals surface area contributed by atoms with Gasteiger partial charge in [0.1, 0.15) is 6.04 Å². The summed E-state index contributed by atoms with van der Waals surface area (Å²) in [6.07, 6.45) is 1.69. The number of piperazine rings is 1. The SMILES string of the molecule is COC(=O)C1NCC(=O)N(Cc2ccccc2)C12CC2. The van der Waals surface area contributed by atoms with Gasteiger partial charge in [-0.1, -0.05) is 30.3 Å². The third-order valence-corrected chi connectivity index (χ3v) is 4.22. The van der Waals surface area contributed by atoms with E-state index in [0.717, 1.165) is 18.4 Å². The predicted octanol–water partition coefficient (Wildman–Crippen LogP) is 0.693. The summed E-state index contributed by atoms with van der Waals surface area (Å²) in [5, 5.41) is 3.02. The van der Waals surface area contributed by atoms with Crippen molar-refractivity contribution < 1.29 is 14.3 Å². The molecule has 1 saturated heterocycles. The van der Waals surface area contributed by atoms with Crippen LogP contribution in [0.5, 0.6) is 0 Å². The first-order valence-corrected chi connectivity index (χ1v) is 6.83. The predicted molar refractivity (Wildman–Crippen MR) is 72.8 cm³/mol. The second kappa shape index (κ2) is 4.90. The molecule has 1 aliphatic carbocycles. The fourth-order valence-corrected chi connectivity index (χ4v) is 3.00. The summed E-state index contributed by atoms with van der Waals surface area (Å²) in [6.45, 7) is 0.739. The molecule has 0 bridgehead atoms. The second-order valence-corrected chi connectivity index (χ2v) is 5.41. The summed E-state index contributed by atoms with van der Waals surface area (Å²) in [5.74, 6) is -0.237. The number of benzene rings is 1. The molecule has 5 nitrogen and oxygen atoms in total. The molecule has 0 radical (unpaired) electrons. The number of hydrogen-bond acceptors (Lipinski definition) is 4. The van der Waals surface area contributed by atoms with Crippen molar-refractivity contribution in [3.63, 3.8) is 0 Å². The van der Waals surface area contributed by atoms with Crippen LogP contribution in [0.2, 0.25) is 0 Å². The first-order valence-electron chi connectivity index (χ1n) is 6.83. The van der Waals surface area contributed by atoms with E-state index in [0.29, 0.717) is 6.54 Å². The topological polar surface area (TPSA) is 58.6 Å². The van der Waals surface area contributed by atoms with Crippen LogP contribution in [0.4, 0.5) is 0 Å². The van der Waals surface area contributed by atoms with Crippen LogP contribution in [0.3, 0.4) is 0 Å². The van der Waals surface area contributed by atoms with Crippen LogP contribution in [-0.2, 0) is 20.9 Å². The Balaban J connectivity index is 1.85. The number of esters is 1. The van der Waals surface area contributed by atoms with Gasteiger partial charge in [-0.05, 0) is 18.4 Å². The van der Waals surface area contributed by atoms with E-state index in [2.05, 4.69) is 5.32 Å². The largest absolute Gasteiger partial charge is 0.468 e. The maximum Gasteiger partial charge on any atom is 0.325 e. The lowest BCUT2D eigenvalue weighted by Gasteiger charge is -2.41. The molecule has 1 unspecified atom stereocenters. The van der Waals surface area contributed by atoms with E-state index in [1.54, 1.807) is 0 Å². The molecule has 1 amide bonds. The zero-order valence-electron chi connectivity index (χ0n) is 11.5. The lowest BCUT2D eigenvalue weighted by atomic mass is 9.99. The van der Waals surface area contributed by atoms with Crippen LogP contribution in [0.15, 0.2) is 30.3 Å². The van der Waals surface area contributed by atoms with Crippen LogP contribution in [0.1, 0.15) is 18.4 Å². The molecule has 1 N–H and O–H groups in total. The standard InChI is InChI=1S/C15H18N2O3/c1-20-14(19)13-15(7-8-15)17(12(18)9-16-13)10-11-5-3-2-4-6-11/h2-6,13,16H,7-10H2,1H3. The molecule has 3 rings (SSSR count). The van der Waals surface area contributed by atoms with Crippen molar-refractivity contribution in [1.82, 2.24) is 10.2 Å². The molecule has 2 aliphatic rings. The second-order valence-electron chi connectivity index (χ2n) is 5.41. The minimum absolute atomic E-state index is 0.0477. The molecule has 2 fully saturated rings. The van der Waals surface area contributed by atoms with E-state index in [1.807, 2.05) is 35.2 Å². The maximum atomic E-state index is 12.2. The number of nitrogens with zero attached hydrogens (tertiary/aromatic N) is 1. The van der Waals surface area contributed by atoms with E-state index in [4.69, 9.17) is 4.74 Å². The van der Waals surface area contributed by atoms with Gasteiger partial charge in [0.2, 0.25) is 5.91 Å². The molecule has 1 atom stereocenters. The molecule has 0 aromatic heterocycles. The average Bonchev–Trinajstić information content (AvgIpc) is 3.25. The molecule has 1 heterocycles. The molecule has 1 saturated carbocycles. The molecule has 1 spiro atoms. The van der Waals surface area contributed by atoms with Crippen molar-refractivity contribution in [1.29, 1.82) is 0 Å². The van der Waals surface area contributed by atoms with Crippen molar-refractivity contribution in [2.45, 2.75) is 31.0 Å². The van der Waals surface area contributed by atoms with Gasteiger partial charge in [0.25, 0.3) is 0 Å². The van der Waals surface area contributed by atoms with Gasteiger partial charge in [0.15, 0.2) is 0 Å². The Morgan fingerprint density at radius 3 is 2.70 bits per heavy atom. The highest BCUT2D eigenvalue weighted by atomic mass is 16.5. The van der Waals surface area contributed by atoms with E-state index in [1.165, 1.54) is 7.11 Å². The number of amides is 1. The summed E-state index contributed by atoms with van der Waals surface area (Å²) in [7, 11) is 1.39. The van der Waals surface area contributed by atoms with Gasteiger partial charge in [0, 0.05) is 6.54 Å². The number of nitrogens with one attached hydrogen (secondary N) is 1. The van der Waals surface area contributed by atoms with Crippen molar-refractivity contribution in [3.8, 4) is 0 Å². The highest BCUT2D eigenvalue weighted by Crippen LogP contribution is 2.47. The molecule has 1 aromatic rings. The number of methoxy groups -OCH3 is 1. The Kier molecular flexibility index (Phi) is 3.22. The Morgan fingerprint density at radius 1 is 1.40 bits per heavy atom. The van der Waals surface area contributed by atoms with Gasteiger partial charge in [-0.2, -0.15) is 0 Å². The van der Waals surface area contributed by atoms with Gasteiger partial charge >= 0.3 is 5.97 Å². The Hall–Kier alpha value is -1.88. The minimum atomic E-state index is -0.408. The summed E-state index contributed by atoms with van der Waals surface area (Å²) < 4.78 is 4.86. The zero-order valence-corrected chi connectivity index (χ0v) is 11.5. The van der Waals surface area contributed by atoms with Crippen LogP contribution in [-0.4, -0.2) is 42.0 Å². The van der Waals surface area contributed by atoms with Crippen molar-refractivity contribution >= 4 is 11.9 Å². The minimum Gasteiger partial charge on any atom is -0.468 e. The summed E-state index contributed by atoms with van der Waals surface area (Å²) >= 11 is 0. The number of carbonyl (C=O) groups is 2. The van der Waals surface area contributed by atoms with Crippen LogP contribution in [0.25, 0.3) is 0 Å². The Morgan fingerprint density at radius 2 is 2.10 bits per heavy atom. The van der Waals surface area contributed by atoms with Gasteiger partial charge < -0.3 is 9.64 Å². The van der Waals surface area contributed by atoms with Crippen molar-refractivity contribution in [3.05, 3.63) is 35.9 Å². The van der Waals surface area contributed by atoms with E-state index in [-0.39, 0.29) is 18.4 Å². The van der Waals surface area contributed by atoms with E-state index >= 15 is 0 Å². The van der Waals surface area contributed by atoms with Crippen molar-refractivity contribution in [2.75, 3.05) is 13.7 Å². The summed E-state index contributed by atoms with van der Waals surface area (Å²) in [5.41, 5.74) is 0.691.